The first kappa shape index (κ1) is 16.6. The SMILES string of the molecule is CC/C=C(\CC(C)(C)C)N1CCN(C(C)C)CC1C. The van der Waals surface area contributed by atoms with Crippen LogP contribution in [-0.2, 0) is 0 Å². The molecule has 0 aromatic heterocycles. The van der Waals surface area contributed by atoms with Gasteiger partial charge in [0.2, 0.25) is 0 Å². The third-order valence-electron chi connectivity index (χ3n) is 3.91. The molecule has 0 bridgehead atoms. The number of allylic oxidation sites excluding steroid dienone is 2. The molecule has 1 atom stereocenters. The van der Waals surface area contributed by atoms with E-state index in [0.717, 1.165) is 6.42 Å². The molecule has 0 saturated carbocycles. The molecule has 1 aliphatic heterocycles. The molecule has 19 heavy (non-hydrogen) atoms. The highest BCUT2D eigenvalue weighted by molar-refractivity contribution is 5.07. The summed E-state index contributed by atoms with van der Waals surface area (Å²) in [7, 11) is 0. The van der Waals surface area contributed by atoms with E-state index in [0.29, 0.717) is 17.5 Å². The number of rotatable bonds is 4. The summed E-state index contributed by atoms with van der Waals surface area (Å²) in [5.74, 6) is 0. The van der Waals surface area contributed by atoms with Crippen molar-refractivity contribution in [1.29, 1.82) is 0 Å². The van der Waals surface area contributed by atoms with E-state index in [4.69, 9.17) is 0 Å². The lowest BCUT2D eigenvalue weighted by atomic mass is 9.89. The highest BCUT2D eigenvalue weighted by Crippen LogP contribution is 2.29. The Balaban J connectivity index is 2.74. The zero-order chi connectivity index (χ0) is 14.6. The first-order chi connectivity index (χ1) is 8.74. The predicted molar refractivity (Wildman–Crippen MR) is 85.3 cm³/mol. The van der Waals surface area contributed by atoms with Crippen LogP contribution in [0.2, 0.25) is 0 Å². The Labute approximate surface area is 120 Å². The third kappa shape index (κ3) is 5.18. The lowest BCUT2D eigenvalue weighted by molar-refractivity contribution is 0.0813. The van der Waals surface area contributed by atoms with Gasteiger partial charge in [-0.15, -0.1) is 0 Å². The average molecular weight is 266 g/mol. The van der Waals surface area contributed by atoms with Gasteiger partial charge in [0.25, 0.3) is 0 Å². The molecule has 1 fully saturated rings. The fourth-order valence-electron chi connectivity index (χ4n) is 2.95. The lowest BCUT2D eigenvalue weighted by Crippen LogP contribution is -2.53. The van der Waals surface area contributed by atoms with Crippen LogP contribution >= 0.6 is 0 Å². The highest BCUT2D eigenvalue weighted by Gasteiger charge is 2.27. The van der Waals surface area contributed by atoms with E-state index in [1.165, 1.54) is 26.1 Å². The molecule has 1 heterocycles. The van der Waals surface area contributed by atoms with Gasteiger partial charge in [-0.05, 0) is 39.0 Å². The Hall–Kier alpha value is -0.500. The van der Waals surface area contributed by atoms with E-state index in [1.54, 1.807) is 5.70 Å². The van der Waals surface area contributed by atoms with Crippen LogP contribution in [0.5, 0.6) is 0 Å². The van der Waals surface area contributed by atoms with Gasteiger partial charge in [-0.3, -0.25) is 4.90 Å². The third-order valence-corrected chi connectivity index (χ3v) is 3.91. The van der Waals surface area contributed by atoms with Crippen molar-refractivity contribution in [2.75, 3.05) is 19.6 Å². The zero-order valence-corrected chi connectivity index (χ0v) is 14.2. The summed E-state index contributed by atoms with van der Waals surface area (Å²) >= 11 is 0. The summed E-state index contributed by atoms with van der Waals surface area (Å²) < 4.78 is 0. The molecule has 1 aliphatic rings. The van der Waals surface area contributed by atoms with Gasteiger partial charge in [0.05, 0.1) is 0 Å². The normalized spacial score (nSPS) is 23.3. The van der Waals surface area contributed by atoms with Crippen LogP contribution in [0.3, 0.4) is 0 Å². The van der Waals surface area contributed by atoms with Crippen LogP contribution in [0.25, 0.3) is 0 Å². The van der Waals surface area contributed by atoms with E-state index in [9.17, 15) is 0 Å². The van der Waals surface area contributed by atoms with Crippen molar-refractivity contribution >= 4 is 0 Å². The molecule has 2 heteroatoms. The summed E-state index contributed by atoms with van der Waals surface area (Å²) in [6, 6.07) is 1.31. The predicted octanol–water partition coefficient (Wildman–Crippen LogP) is 4.13. The molecule has 0 aliphatic carbocycles. The maximum absolute atomic E-state index is 2.65. The van der Waals surface area contributed by atoms with E-state index in [1.807, 2.05) is 0 Å². The van der Waals surface area contributed by atoms with Crippen LogP contribution in [0.15, 0.2) is 11.8 Å². The minimum absolute atomic E-state index is 0.371. The van der Waals surface area contributed by atoms with E-state index >= 15 is 0 Å². The Bertz CT molecular complexity index is 299. The number of hydrogen-bond donors (Lipinski definition) is 0. The molecular formula is C17H34N2. The van der Waals surface area contributed by atoms with Crippen molar-refractivity contribution in [2.45, 2.75) is 73.4 Å². The Morgan fingerprint density at radius 1 is 1.26 bits per heavy atom. The number of nitrogens with zero attached hydrogens (tertiary/aromatic N) is 2. The number of piperazine rings is 1. The van der Waals surface area contributed by atoms with Gasteiger partial charge in [-0.1, -0.05) is 33.8 Å². The molecule has 0 aromatic carbocycles. The minimum Gasteiger partial charge on any atom is -0.370 e. The lowest BCUT2D eigenvalue weighted by Gasteiger charge is -2.45. The van der Waals surface area contributed by atoms with Crippen molar-refractivity contribution in [3.8, 4) is 0 Å². The second kappa shape index (κ2) is 6.78. The highest BCUT2D eigenvalue weighted by atomic mass is 15.3. The molecule has 0 radical (unpaired) electrons. The topological polar surface area (TPSA) is 6.48 Å². The molecule has 1 unspecified atom stereocenters. The summed E-state index contributed by atoms with van der Waals surface area (Å²) in [6.45, 7) is 19.8. The summed E-state index contributed by atoms with van der Waals surface area (Å²) in [5.41, 5.74) is 1.93. The van der Waals surface area contributed by atoms with Crippen LogP contribution in [0.1, 0.15) is 61.3 Å². The maximum Gasteiger partial charge on any atom is 0.0386 e. The van der Waals surface area contributed by atoms with Crippen LogP contribution in [0.4, 0.5) is 0 Å². The van der Waals surface area contributed by atoms with Gasteiger partial charge in [0.1, 0.15) is 0 Å². The second-order valence-corrected chi connectivity index (χ2v) is 7.47. The van der Waals surface area contributed by atoms with Crippen LogP contribution in [0, 0.1) is 5.41 Å². The molecule has 0 spiro atoms. The van der Waals surface area contributed by atoms with E-state index in [2.05, 4.69) is 64.3 Å². The Kier molecular flexibility index (Phi) is 5.91. The van der Waals surface area contributed by atoms with Gasteiger partial charge in [-0.2, -0.15) is 0 Å². The molecule has 1 rings (SSSR count). The molecule has 0 amide bonds. The van der Waals surface area contributed by atoms with Gasteiger partial charge in [0.15, 0.2) is 0 Å². The van der Waals surface area contributed by atoms with Gasteiger partial charge in [-0.25, -0.2) is 0 Å². The van der Waals surface area contributed by atoms with Gasteiger partial charge < -0.3 is 4.90 Å². The fraction of sp³-hybridized carbons (Fsp3) is 0.882. The Morgan fingerprint density at radius 2 is 1.89 bits per heavy atom. The molecule has 112 valence electrons. The van der Waals surface area contributed by atoms with Crippen molar-refractivity contribution in [3.05, 3.63) is 11.8 Å². The number of hydrogen-bond acceptors (Lipinski definition) is 2. The molecule has 2 nitrogen and oxygen atoms in total. The standard InChI is InChI=1S/C17H34N2/c1-8-9-16(12-17(5,6)7)19-11-10-18(14(2)3)13-15(19)4/h9,14-15H,8,10-13H2,1-7H3/b16-9+. The summed E-state index contributed by atoms with van der Waals surface area (Å²) in [5, 5.41) is 0. The molecular weight excluding hydrogens is 232 g/mol. The van der Waals surface area contributed by atoms with Crippen molar-refractivity contribution < 1.29 is 0 Å². The zero-order valence-electron chi connectivity index (χ0n) is 14.2. The first-order valence-electron chi connectivity index (χ1n) is 7.94. The van der Waals surface area contributed by atoms with Crippen LogP contribution < -0.4 is 0 Å². The second-order valence-electron chi connectivity index (χ2n) is 7.47. The largest absolute Gasteiger partial charge is 0.370 e. The maximum atomic E-state index is 2.65. The molecule has 1 saturated heterocycles. The Morgan fingerprint density at radius 3 is 2.32 bits per heavy atom. The van der Waals surface area contributed by atoms with Crippen molar-refractivity contribution in [2.24, 2.45) is 5.41 Å². The first-order valence-corrected chi connectivity index (χ1v) is 7.94. The average Bonchev–Trinajstić information content (AvgIpc) is 2.26. The fourth-order valence-corrected chi connectivity index (χ4v) is 2.95. The molecule has 0 aromatic rings. The van der Waals surface area contributed by atoms with E-state index < -0.39 is 0 Å². The summed E-state index contributed by atoms with van der Waals surface area (Å²) in [4.78, 5) is 5.25. The smallest absolute Gasteiger partial charge is 0.0386 e. The minimum atomic E-state index is 0.371. The van der Waals surface area contributed by atoms with Crippen molar-refractivity contribution in [3.63, 3.8) is 0 Å². The monoisotopic (exact) mass is 266 g/mol. The van der Waals surface area contributed by atoms with Gasteiger partial charge >= 0.3 is 0 Å². The quantitative estimate of drug-likeness (QED) is 0.755. The van der Waals surface area contributed by atoms with Crippen LogP contribution in [-0.4, -0.2) is 41.5 Å². The van der Waals surface area contributed by atoms with Crippen molar-refractivity contribution in [1.82, 2.24) is 9.80 Å². The molecule has 0 N–H and O–H groups in total. The summed E-state index contributed by atoms with van der Waals surface area (Å²) in [6.07, 6.45) is 4.77. The van der Waals surface area contributed by atoms with E-state index in [-0.39, 0.29) is 0 Å². The van der Waals surface area contributed by atoms with Gasteiger partial charge in [0, 0.05) is 37.4 Å².